The first-order valence-corrected chi connectivity index (χ1v) is 9.77. The van der Waals surface area contributed by atoms with Crippen molar-refractivity contribution in [2.45, 2.75) is 6.42 Å². The van der Waals surface area contributed by atoms with Gasteiger partial charge >= 0.3 is 0 Å². The van der Waals surface area contributed by atoms with Gasteiger partial charge in [-0.1, -0.05) is 11.6 Å². The summed E-state index contributed by atoms with van der Waals surface area (Å²) in [6.07, 6.45) is 0.0580. The monoisotopic (exact) mass is 431 g/mol. The van der Waals surface area contributed by atoms with Gasteiger partial charge in [0.1, 0.15) is 11.5 Å². The molecule has 0 fully saturated rings. The molecule has 0 aliphatic rings. The average Bonchev–Trinajstić information content (AvgIpc) is 3.15. The Balaban J connectivity index is 1.60. The van der Waals surface area contributed by atoms with E-state index in [0.717, 1.165) is 0 Å². The molecule has 0 aliphatic carbocycles. The minimum atomic E-state index is -0.296. The number of aromatic nitrogens is 1. The average molecular weight is 432 g/mol. The molecule has 3 rings (SSSR count). The molecule has 2 aromatic carbocycles. The van der Waals surface area contributed by atoms with Gasteiger partial charge in [0.05, 0.1) is 32.0 Å². The van der Waals surface area contributed by atoms with Crippen LogP contribution in [0.4, 0.5) is 10.8 Å². The molecule has 0 radical (unpaired) electrons. The number of hydrogen-bond acceptors (Lipinski definition) is 6. The summed E-state index contributed by atoms with van der Waals surface area (Å²) in [5, 5.41) is 8.19. The second kappa shape index (κ2) is 9.40. The van der Waals surface area contributed by atoms with E-state index in [0.29, 0.717) is 38.6 Å². The maximum atomic E-state index is 12.4. The number of nitrogens with one attached hydrogen (secondary N) is 2. The van der Waals surface area contributed by atoms with E-state index >= 15 is 0 Å². The summed E-state index contributed by atoms with van der Waals surface area (Å²) in [6.45, 7) is 0. The maximum absolute atomic E-state index is 12.4. The van der Waals surface area contributed by atoms with Gasteiger partial charge < -0.3 is 14.8 Å². The van der Waals surface area contributed by atoms with Gasteiger partial charge in [-0.2, -0.15) is 0 Å². The number of nitrogens with zero attached hydrogens (tertiary/aromatic N) is 1. The summed E-state index contributed by atoms with van der Waals surface area (Å²) < 4.78 is 10.4. The molecule has 0 saturated carbocycles. The van der Waals surface area contributed by atoms with E-state index in [1.54, 1.807) is 55.0 Å². The highest BCUT2D eigenvalue weighted by molar-refractivity contribution is 7.14. The number of carbonyl (C=O) groups is 2. The molecular weight excluding hydrogens is 414 g/mol. The molecule has 3 aromatic rings. The van der Waals surface area contributed by atoms with Crippen molar-refractivity contribution in [2.24, 2.45) is 0 Å². The van der Waals surface area contributed by atoms with Crippen molar-refractivity contribution in [3.63, 3.8) is 0 Å². The van der Waals surface area contributed by atoms with Gasteiger partial charge in [0.2, 0.25) is 5.91 Å². The van der Waals surface area contributed by atoms with E-state index in [-0.39, 0.29) is 18.2 Å². The smallest absolute Gasteiger partial charge is 0.257 e. The fourth-order valence-corrected chi connectivity index (χ4v) is 3.31. The predicted octanol–water partition coefficient (Wildman–Crippen LogP) is 4.25. The lowest BCUT2D eigenvalue weighted by molar-refractivity contribution is -0.115. The molecule has 0 aliphatic heterocycles. The normalized spacial score (nSPS) is 10.3. The molecule has 2 N–H and O–H groups in total. The highest BCUT2D eigenvalue weighted by Crippen LogP contribution is 2.29. The van der Waals surface area contributed by atoms with E-state index in [1.807, 2.05) is 0 Å². The highest BCUT2D eigenvalue weighted by Gasteiger charge is 2.13. The minimum Gasteiger partial charge on any atom is -0.497 e. The Morgan fingerprint density at radius 3 is 2.52 bits per heavy atom. The molecule has 150 valence electrons. The summed E-state index contributed by atoms with van der Waals surface area (Å²) in [5.41, 5.74) is 1.55. The molecule has 9 heteroatoms. The van der Waals surface area contributed by atoms with Crippen LogP contribution in [0.5, 0.6) is 11.5 Å². The van der Waals surface area contributed by atoms with Crippen molar-refractivity contribution >= 4 is 45.6 Å². The Labute approximate surface area is 176 Å². The van der Waals surface area contributed by atoms with Gasteiger partial charge in [-0.25, -0.2) is 4.98 Å². The molecule has 0 unspecified atom stereocenters. The zero-order valence-electron chi connectivity index (χ0n) is 15.7. The van der Waals surface area contributed by atoms with Gasteiger partial charge in [-0.15, -0.1) is 11.3 Å². The van der Waals surface area contributed by atoms with Crippen molar-refractivity contribution in [1.29, 1.82) is 0 Å². The SMILES string of the molecule is COc1ccc(NC(=O)Cc2csc(NC(=O)c3ccc(Cl)cc3)n2)c(OC)c1. The Hall–Kier alpha value is -3.10. The number of amides is 2. The lowest BCUT2D eigenvalue weighted by Gasteiger charge is -2.11. The van der Waals surface area contributed by atoms with Crippen molar-refractivity contribution in [2.75, 3.05) is 24.9 Å². The first-order chi connectivity index (χ1) is 14.0. The largest absolute Gasteiger partial charge is 0.497 e. The van der Waals surface area contributed by atoms with Gasteiger partial charge in [0.25, 0.3) is 5.91 Å². The van der Waals surface area contributed by atoms with Crippen molar-refractivity contribution in [3.8, 4) is 11.5 Å². The summed E-state index contributed by atoms with van der Waals surface area (Å²) in [6, 6.07) is 11.6. The van der Waals surface area contributed by atoms with Gasteiger partial charge in [0.15, 0.2) is 5.13 Å². The van der Waals surface area contributed by atoms with Crippen LogP contribution >= 0.6 is 22.9 Å². The summed E-state index contributed by atoms with van der Waals surface area (Å²) in [7, 11) is 3.07. The van der Waals surface area contributed by atoms with Crippen LogP contribution in [0, 0.1) is 0 Å². The van der Waals surface area contributed by atoms with E-state index < -0.39 is 0 Å². The van der Waals surface area contributed by atoms with E-state index in [2.05, 4.69) is 15.6 Å². The molecule has 0 atom stereocenters. The molecule has 29 heavy (non-hydrogen) atoms. The standard InChI is InChI=1S/C20H18ClN3O4S/c1-27-15-7-8-16(17(10-15)28-2)23-18(25)9-14-11-29-20(22-14)24-19(26)12-3-5-13(21)6-4-12/h3-8,10-11H,9H2,1-2H3,(H,23,25)(H,22,24,26). The van der Waals surface area contributed by atoms with E-state index in [1.165, 1.54) is 18.4 Å². The lowest BCUT2D eigenvalue weighted by Crippen LogP contribution is -2.15. The molecule has 0 saturated heterocycles. The minimum absolute atomic E-state index is 0.0580. The molecule has 2 amide bonds. The van der Waals surface area contributed by atoms with Crippen LogP contribution < -0.4 is 20.1 Å². The van der Waals surface area contributed by atoms with E-state index in [4.69, 9.17) is 21.1 Å². The number of hydrogen-bond donors (Lipinski definition) is 2. The fraction of sp³-hybridized carbons (Fsp3) is 0.150. The van der Waals surface area contributed by atoms with Crippen LogP contribution in [0.2, 0.25) is 5.02 Å². The topological polar surface area (TPSA) is 89.6 Å². The first kappa shape index (κ1) is 20.6. The van der Waals surface area contributed by atoms with Gasteiger partial charge in [-0.05, 0) is 36.4 Å². The zero-order chi connectivity index (χ0) is 20.8. The Morgan fingerprint density at radius 1 is 1.07 bits per heavy atom. The highest BCUT2D eigenvalue weighted by atomic mass is 35.5. The van der Waals surface area contributed by atoms with Crippen molar-refractivity contribution < 1.29 is 19.1 Å². The van der Waals surface area contributed by atoms with Crippen LogP contribution in [0.15, 0.2) is 47.8 Å². The zero-order valence-corrected chi connectivity index (χ0v) is 17.3. The van der Waals surface area contributed by atoms with Crippen LogP contribution in [0.3, 0.4) is 0 Å². The summed E-state index contributed by atoms with van der Waals surface area (Å²) in [5.74, 6) is 0.566. The lowest BCUT2D eigenvalue weighted by atomic mass is 10.2. The Kier molecular flexibility index (Phi) is 6.69. The number of halogens is 1. The second-order valence-electron chi connectivity index (χ2n) is 5.90. The number of carbonyl (C=O) groups excluding carboxylic acids is 2. The number of ether oxygens (including phenoxy) is 2. The van der Waals surface area contributed by atoms with Crippen LogP contribution in [0.1, 0.15) is 16.1 Å². The maximum Gasteiger partial charge on any atom is 0.257 e. The van der Waals surface area contributed by atoms with Crippen molar-refractivity contribution in [3.05, 3.63) is 64.1 Å². The van der Waals surface area contributed by atoms with Gasteiger partial charge in [-0.3, -0.25) is 14.9 Å². The molecular formula is C20H18ClN3O4S. The predicted molar refractivity (Wildman–Crippen MR) is 113 cm³/mol. The third kappa shape index (κ3) is 5.46. The number of methoxy groups -OCH3 is 2. The molecule has 0 spiro atoms. The molecule has 1 heterocycles. The van der Waals surface area contributed by atoms with Crippen LogP contribution in [-0.4, -0.2) is 31.0 Å². The number of anilines is 2. The third-order valence-electron chi connectivity index (χ3n) is 3.90. The molecule has 1 aromatic heterocycles. The number of benzene rings is 2. The van der Waals surface area contributed by atoms with E-state index in [9.17, 15) is 9.59 Å². The first-order valence-electron chi connectivity index (χ1n) is 8.51. The van der Waals surface area contributed by atoms with Crippen LogP contribution in [0.25, 0.3) is 0 Å². The number of rotatable bonds is 7. The van der Waals surface area contributed by atoms with Gasteiger partial charge in [0, 0.05) is 22.0 Å². The Morgan fingerprint density at radius 2 is 1.83 bits per heavy atom. The molecule has 0 bridgehead atoms. The number of thiazole rings is 1. The second-order valence-corrected chi connectivity index (χ2v) is 7.19. The third-order valence-corrected chi connectivity index (χ3v) is 4.96. The van der Waals surface area contributed by atoms with Crippen LogP contribution in [-0.2, 0) is 11.2 Å². The molecule has 7 nitrogen and oxygen atoms in total. The summed E-state index contributed by atoms with van der Waals surface area (Å²) >= 11 is 7.07. The van der Waals surface area contributed by atoms with Crippen molar-refractivity contribution in [1.82, 2.24) is 4.98 Å². The fourth-order valence-electron chi connectivity index (χ4n) is 2.48. The summed E-state index contributed by atoms with van der Waals surface area (Å²) in [4.78, 5) is 28.9. The quantitative estimate of drug-likeness (QED) is 0.583. The Bertz CT molecular complexity index is 1020.